The van der Waals surface area contributed by atoms with Crippen molar-refractivity contribution in [2.75, 3.05) is 0 Å². The molecule has 5 heteroatoms. The number of carbonyl (C=O) groups excluding carboxylic acids is 2. The molecule has 0 spiro atoms. The van der Waals surface area contributed by atoms with Gasteiger partial charge in [0.25, 0.3) is 0 Å². The number of aldehydes is 1. The van der Waals surface area contributed by atoms with Gasteiger partial charge in [0.1, 0.15) is 6.54 Å². The van der Waals surface area contributed by atoms with E-state index in [4.69, 9.17) is 0 Å². The molecule has 0 aliphatic heterocycles. The normalized spacial score (nSPS) is 11.4. The lowest BCUT2D eigenvalue weighted by molar-refractivity contribution is -0.123. The molecule has 0 aliphatic carbocycles. The van der Waals surface area contributed by atoms with Crippen LogP contribution in [0.4, 0.5) is 0 Å². The Balaban J connectivity index is 2.80. The Morgan fingerprint density at radius 1 is 1.44 bits per heavy atom. The van der Waals surface area contributed by atoms with Gasteiger partial charge in [-0.3, -0.25) is 14.3 Å². The van der Waals surface area contributed by atoms with Crippen molar-refractivity contribution in [2.24, 2.45) is 0 Å². The summed E-state index contributed by atoms with van der Waals surface area (Å²) in [6, 6.07) is 0. The van der Waals surface area contributed by atoms with Crippen LogP contribution in [0.15, 0.2) is 0 Å². The summed E-state index contributed by atoms with van der Waals surface area (Å²) in [7, 11) is 0. The lowest BCUT2D eigenvalue weighted by Gasteiger charge is -2.24. The number of aryl methyl sites for hydroxylation is 1. The maximum atomic E-state index is 11.9. The first-order chi connectivity index (χ1) is 8.30. The van der Waals surface area contributed by atoms with Crippen LogP contribution in [0, 0.1) is 13.8 Å². The molecule has 18 heavy (non-hydrogen) atoms. The maximum absolute atomic E-state index is 11.9. The third-order valence-electron chi connectivity index (χ3n) is 3.21. The largest absolute Gasteiger partial charge is 0.350 e. The molecule has 0 saturated heterocycles. The van der Waals surface area contributed by atoms with E-state index < -0.39 is 0 Å². The molecule has 0 radical (unpaired) electrons. The third-order valence-corrected chi connectivity index (χ3v) is 3.21. The maximum Gasteiger partial charge on any atom is 0.242 e. The lowest BCUT2D eigenvalue weighted by atomic mass is 10.0. The highest BCUT2D eigenvalue weighted by molar-refractivity contribution is 5.79. The number of nitrogens with zero attached hydrogens (tertiary/aromatic N) is 2. The quantitative estimate of drug-likeness (QED) is 0.809. The van der Waals surface area contributed by atoms with Crippen LogP contribution in [0.5, 0.6) is 0 Å². The van der Waals surface area contributed by atoms with E-state index in [2.05, 4.69) is 10.4 Å². The molecule has 1 heterocycles. The van der Waals surface area contributed by atoms with Gasteiger partial charge in [-0.1, -0.05) is 6.92 Å². The van der Waals surface area contributed by atoms with Crippen molar-refractivity contribution < 1.29 is 9.59 Å². The SMILES string of the molecule is CCC(C)(C)NC(=O)Cn1nc(C)c(C=O)c1C. The minimum Gasteiger partial charge on any atom is -0.350 e. The van der Waals surface area contributed by atoms with Crippen LogP contribution in [0.1, 0.15) is 48.9 Å². The van der Waals surface area contributed by atoms with Crippen molar-refractivity contribution >= 4 is 12.2 Å². The summed E-state index contributed by atoms with van der Waals surface area (Å²) < 4.78 is 1.57. The molecular weight excluding hydrogens is 230 g/mol. The van der Waals surface area contributed by atoms with Crippen molar-refractivity contribution in [3.63, 3.8) is 0 Å². The van der Waals surface area contributed by atoms with Crippen LogP contribution >= 0.6 is 0 Å². The Morgan fingerprint density at radius 2 is 2.06 bits per heavy atom. The molecule has 0 saturated carbocycles. The van der Waals surface area contributed by atoms with Crippen LogP contribution in [0.2, 0.25) is 0 Å². The molecule has 0 unspecified atom stereocenters. The van der Waals surface area contributed by atoms with E-state index in [0.717, 1.165) is 18.4 Å². The third kappa shape index (κ3) is 3.18. The minimum absolute atomic E-state index is 0.0927. The first kappa shape index (κ1) is 14.4. The Bertz CT molecular complexity index is 461. The fourth-order valence-corrected chi connectivity index (χ4v) is 1.68. The van der Waals surface area contributed by atoms with Crippen LogP contribution in [-0.2, 0) is 11.3 Å². The Morgan fingerprint density at radius 3 is 2.50 bits per heavy atom. The van der Waals surface area contributed by atoms with Gasteiger partial charge in [0.05, 0.1) is 11.3 Å². The van der Waals surface area contributed by atoms with Gasteiger partial charge in [0.2, 0.25) is 5.91 Å². The van der Waals surface area contributed by atoms with Crippen molar-refractivity contribution in [3.8, 4) is 0 Å². The van der Waals surface area contributed by atoms with Crippen LogP contribution in [0.25, 0.3) is 0 Å². The Kier molecular flexibility index (Phi) is 4.27. The van der Waals surface area contributed by atoms with E-state index in [1.165, 1.54) is 0 Å². The molecule has 5 nitrogen and oxygen atoms in total. The van der Waals surface area contributed by atoms with Gasteiger partial charge < -0.3 is 5.32 Å². The summed E-state index contributed by atoms with van der Waals surface area (Å²) >= 11 is 0. The second-order valence-corrected chi connectivity index (χ2v) is 5.15. The number of nitrogens with one attached hydrogen (secondary N) is 1. The smallest absolute Gasteiger partial charge is 0.242 e. The average molecular weight is 251 g/mol. The highest BCUT2D eigenvalue weighted by atomic mass is 16.2. The topological polar surface area (TPSA) is 64.0 Å². The number of hydrogen-bond acceptors (Lipinski definition) is 3. The zero-order valence-corrected chi connectivity index (χ0v) is 11.7. The van der Waals surface area contributed by atoms with Crippen LogP contribution < -0.4 is 5.32 Å². The van der Waals surface area contributed by atoms with E-state index in [0.29, 0.717) is 11.3 Å². The molecule has 1 amide bonds. The Hall–Kier alpha value is -1.65. The number of amides is 1. The highest BCUT2D eigenvalue weighted by Gasteiger charge is 2.19. The predicted molar refractivity (Wildman–Crippen MR) is 69.6 cm³/mol. The first-order valence-electron chi connectivity index (χ1n) is 6.11. The molecule has 1 aromatic rings. The second-order valence-electron chi connectivity index (χ2n) is 5.15. The van der Waals surface area contributed by atoms with Crippen molar-refractivity contribution in [2.45, 2.75) is 53.1 Å². The summed E-state index contributed by atoms with van der Waals surface area (Å²) in [5.74, 6) is -0.0927. The van der Waals surface area contributed by atoms with Crippen molar-refractivity contribution in [3.05, 3.63) is 17.0 Å². The molecular formula is C13H21N3O2. The van der Waals surface area contributed by atoms with E-state index in [9.17, 15) is 9.59 Å². The summed E-state index contributed by atoms with van der Waals surface area (Å²) in [6.45, 7) is 9.67. The van der Waals surface area contributed by atoms with E-state index >= 15 is 0 Å². The molecule has 1 N–H and O–H groups in total. The van der Waals surface area contributed by atoms with Gasteiger partial charge in [-0.05, 0) is 34.1 Å². The molecule has 0 bridgehead atoms. The van der Waals surface area contributed by atoms with Gasteiger partial charge in [0, 0.05) is 11.2 Å². The van der Waals surface area contributed by atoms with E-state index in [-0.39, 0.29) is 18.0 Å². The highest BCUT2D eigenvalue weighted by Crippen LogP contribution is 2.11. The van der Waals surface area contributed by atoms with Gasteiger partial charge in [-0.25, -0.2) is 0 Å². The first-order valence-corrected chi connectivity index (χ1v) is 6.11. The van der Waals surface area contributed by atoms with E-state index in [1.54, 1.807) is 18.5 Å². The second kappa shape index (κ2) is 5.33. The molecule has 0 atom stereocenters. The molecule has 1 aromatic heterocycles. The standard InChI is InChI=1S/C13H21N3O2/c1-6-13(4,5)14-12(18)7-16-10(3)11(8-17)9(2)15-16/h8H,6-7H2,1-5H3,(H,14,18). The zero-order chi connectivity index (χ0) is 13.9. The minimum atomic E-state index is -0.222. The van der Waals surface area contributed by atoms with Crippen LogP contribution in [0.3, 0.4) is 0 Å². The Labute approximate surface area is 108 Å². The molecule has 0 aromatic carbocycles. The van der Waals surface area contributed by atoms with Gasteiger partial charge in [-0.15, -0.1) is 0 Å². The molecule has 0 aliphatic rings. The van der Waals surface area contributed by atoms with Crippen molar-refractivity contribution in [1.82, 2.24) is 15.1 Å². The summed E-state index contributed by atoms with van der Waals surface area (Å²) in [5, 5.41) is 7.14. The molecule has 100 valence electrons. The summed E-state index contributed by atoms with van der Waals surface area (Å²) in [6.07, 6.45) is 1.64. The van der Waals surface area contributed by atoms with Crippen molar-refractivity contribution in [1.29, 1.82) is 0 Å². The fraction of sp³-hybridized carbons (Fsp3) is 0.615. The number of aromatic nitrogens is 2. The zero-order valence-electron chi connectivity index (χ0n) is 11.7. The summed E-state index contributed by atoms with van der Waals surface area (Å²) in [5.41, 5.74) is 1.73. The average Bonchev–Trinajstić information content (AvgIpc) is 2.53. The van der Waals surface area contributed by atoms with Crippen LogP contribution in [-0.4, -0.2) is 27.5 Å². The lowest BCUT2D eigenvalue weighted by Crippen LogP contribution is -2.44. The predicted octanol–water partition coefficient (Wildman–Crippen LogP) is 1.62. The number of carbonyl (C=O) groups is 2. The fourth-order valence-electron chi connectivity index (χ4n) is 1.68. The molecule has 1 rings (SSSR count). The monoisotopic (exact) mass is 251 g/mol. The van der Waals surface area contributed by atoms with Gasteiger partial charge >= 0.3 is 0 Å². The van der Waals surface area contributed by atoms with Gasteiger partial charge in [0.15, 0.2) is 6.29 Å². The molecule has 0 fully saturated rings. The van der Waals surface area contributed by atoms with E-state index in [1.807, 2.05) is 20.8 Å². The summed E-state index contributed by atoms with van der Waals surface area (Å²) in [4.78, 5) is 22.8. The number of hydrogen-bond donors (Lipinski definition) is 1. The van der Waals surface area contributed by atoms with Gasteiger partial charge in [-0.2, -0.15) is 5.10 Å². The number of rotatable bonds is 5.